The average Bonchev–Trinajstić information content (AvgIpc) is 2.85. The summed E-state index contributed by atoms with van der Waals surface area (Å²) in [6.07, 6.45) is 3.75. The number of nitrogens with one attached hydrogen (secondary N) is 1. The van der Waals surface area contributed by atoms with Crippen LogP contribution in [0.4, 0.5) is 0 Å². The molecule has 3 aromatic rings. The van der Waals surface area contributed by atoms with Gasteiger partial charge in [0.1, 0.15) is 5.65 Å². The number of hydrogen-bond donors (Lipinski definition) is 1. The number of rotatable bonds is 1. The lowest BCUT2D eigenvalue weighted by atomic mass is 9.97. The van der Waals surface area contributed by atoms with Crippen molar-refractivity contribution in [2.75, 3.05) is 0 Å². The highest BCUT2D eigenvalue weighted by Gasteiger charge is 2.07. The normalized spacial score (nSPS) is 10.6. The van der Waals surface area contributed by atoms with Gasteiger partial charge in [0.05, 0.1) is 11.6 Å². The predicted octanol–water partition coefficient (Wildman–Crippen LogP) is 3.72. The van der Waals surface area contributed by atoms with Crippen LogP contribution in [0.25, 0.3) is 22.2 Å². The first-order valence-corrected chi connectivity index (χ1v) is 6.14. The maximum atomic E-state index is 9.11. The Hall–Kier alpha value is -2.60. The molecule has 0 amide bonds. The Morgan fingerprint density at radius 3 is 2.53 bits per heavy atom. The number of fused-ring (bicyclic) bond motifs is 1. The minimum atomic E-state index is 0.763. The van der Waals surface area contributed by atoms with Crippen LogP contribution in [0.1, 0.15) is 16.7 Å². The van der Waals surface area contributed by atoms with Crippen LogP contribution in [0.3, 0.4) is 0 Å². The number of benzene rings is 1. The van der Waals surface area contributed by atoms with Crippen LogP contribution in [0.2, 0.25) is 0 Å². The molecule has 0 fully saturated rings. The summed E-state index contributed by atoms with van der Waals surface area (Å²) in [5.41, 5.74) is 5.84. The molecular formula is C16H13N3. The molecule has 0 aliphatic heterocycles. The zero-order valence-electron chi connectivity index (χ0n) is 10.9. The van der Waals surface area contributed by atoms with E-state index in [1.807, 2.05) is 44.4 Å². The Morgan fingerprint density at radius 1 is 1.11 bits per heavy atom. The van der Waals surface area contributed by atoms with Gasteiger partial charge in [-0.25, -0.2) is 4.98 Å². The van der Waals surface area contributed by atoms with Crippen molar-refractivity contribution >= 4 is 11.0 Å². The zero-order chi connectivity index (χ0) is 13.4. The highest BCUT2D eigenvalue weighted by atomic mass is 14.8. The van der Waals surface area contributed by atoms with E-state index in [1.54, 1.807) is 0 Å². The number of aromatic amines is 1. The molecule has 0 saturated carbocycles. The quantitative estimate of drug-likeness (QED) is 0.712. The smallest absolute Gasteiger partial charge is 0.137 e. The Morgan fingerprint density at radius 2 is 1.84 bits per heavy atom. The molecular weight excluding hydrogens is 234 g/mol. The fraction of sp³-hybridized carbons (Fsp3) is 0.125. The molecule has 1 aromatic carbocycles. The van der Waals surface area contributed by atoms with Gasteiger partial charge in [-0.1, -0.05) is 12.1 Å². The van der Waals surface area contributed by atoms with Crippen LogP contribution in [-0.2, 0) is 0 Å². The number of pyridine rings is 1. The van der Waals surface area contributed by atoms with Crippen molar-refractivity contribution < 1.29 is 0 Å². The van der Waals surface area contributed by atoms with Gasteiger partial charge in [0.25, 0.3) is 0 Å². The lowest BCUT2D eigenvalue weighted by Gasteiger charge is -2.07. The molecule has 0 radical (unpaired) electrons. The fourth-order valence-corrected chi connectivity index (χ4v) is 2.40. The molecule has 2 aromatic heterocycles. The Balaban J connectivity index is 2.18. The van der Waals surface area contributed by atoms with Crippen LogP contribution in [-0.4, -0.2) is 9.97 Å². The van der Waals surface area contributed by atoms with Crippen LogP contribution in [0.15, 0.2) is 36.7 Å². The number of nitrogens with zero attached hydrogens (tertiary/aromatic N) is 2. The van der Waals surface area contributed by atoms with Crippen molar-refractivity contribution in [1.82, 2.24) is 9.97 Å². The van der Waals surface area contributed by atoms with E-state index in [0.29, 0.717) is 0 Å². The van der Waals surface area contributed by atoms with Crippen molar-refractivity contribution in [2.24, 2.45) is 0 Å². The lowest BCUT2D eigenvalue weighted by Crippen LogP contribution is -1.90. The first kappa shape index (κ1) is 11.5. The standard InChI is InChI=1S/C16H13N3/c1-10-5-13(6-11(2)15(10)8-17)14-7-12-3-4-18-16(12)19-9-14/h3-7,9H,1-2H3,(H,18,19). The van der Waals surface area contributed by atoms with Gasteiger partial charge in [-0.2, -0.15) is 5.26 Å². The summed E-state index contributed by atoms with van der Waals surface area (Å²) in [6, 6.07) is 10.5. The molecule has 0 unspecified atom stereocenters. The van der Waals surface area contributed by atoms with Gasteiger partial charge in [0.2, 0.25) is 0 Å². The minimum absolute atomic E-state index is 0.763. The van der Waals surface area contributed by atoms with Crippen LogP contribution < -0.4 is 0 Å². The fourth-order valence-electron chi connectivity index (χ4n) is 2.40. The number of aromatic nitrogens is 2. The molecule has 0 bridgehead atoms. The van der Waals surface area contributed by atoms with Gasteiger partial charge in [-0.15, -0.1) is 0 Å². The first-order chi connectivity index (χ1) is 9.19. The average molecular weight is 247 g/mol. The third kappa shape index (κ3) is 1.88. The van der Waals surface area contributed by atoms with Gasteiger partial charge >= 0.3 is 0 Å². The maximum absolute atomic E-state index is 9.11. The highest BCUT2D eigenvalue weighted by Crippen LogP contribution is 2.26. The van der Waals surface area contributed by atoms with Crippen molar-refractivity contribution in [3.8, 4) is 17.2 Å². The van der Waals surface area contributed by atoms with Crippen molar-refractivity contribution in [3.05, 3.63) is 53.3 Å². The van der Waals surface area contributed by atoms with E-state index in [4.69, 9.17) is 5.26 Å². The molecule has 0 saturated heterocycles. The first-order valence-electron chi connectivity index (χ1n) is 6.14. The Kier molecular flexibility index (Phi) is 2.57. The van der Waals surface area contributed by atoms with Crippen molar-refractivity contribution in [1.29, 1.82) is 5.26 Å². The molecule has 2 heterocycles. The topological polar surface area (TPSA) is 52.5 Å². The van der Waals surface area contributed by atoms with Crippen LogP contribution in [0, 0.1) is 25.2 Å². The van der Waals surface area contributed by atoms with Gasteiger partial charge in [-0.05, 0) is 42.7 Å². The molecule has 3 rings (SSSR count). The summed E-state index contributed by atoms with van der Waals surface area (Å²) >= 11 is 0. The van der Waals surface area contributed by atoms with Crippen molar-refractivity contribution in [3.63, 3.8) is 0 Å². The van der Waals surface area contributed by atoms with E-state index in [1.165, 1.54) is 0 Å². The number of hydrogen-bond acceptors (Lipinski definition) is 2. The molecule has 3 heteroatoms. The Labute approximate surface area is 111 Å². The second kappa shape index (κ2) is 4.25. The molecule has 3 nitrogen and oxygen atoms in total. The molecule has 0 atom stereocenters. The van der Waals surface area contributed by atoms with E-state index < -0.39 is 0 Å². The van der Waals surface area contributed by atoms with E-state index in [2.05, 4.69) is 22.1 Å². The summed E-state index contributed by atoms with van der Waals surface area (Å²) in [6.45, 7) is 3.94. The SMILES string of the molecule is Cc1cc(-c2cnc3[nH]ccc3c2)cc(C)c1C#N. The predicted molar refractivity (Wildman–Crippen MR) is 75.7 cm³/mol. The summed E-state index contributed by atoms with van der Waals surface area (Å²) in [7, 11) is 0. The molecule has 0 aliphatic rings. The second-order valence-electron chi connectivity index (χ2n) is 4.74. The lowest BCUT2D eigenvalue weighted by molar-refractivity contribution is 1.30. The van der Waals surface area contributed by atoms with Gasteiger partial charge in [0, 0.05) is 23.3 Å². The molecule has 92 valence electrons. The molecule has 0 aliphatic carbocycles. The highest BCUT2D eigenvalue weighted by molar-refractivity contribution is 5.81. The summed E-state index contributed by atoms with van der Waals surface area (Å²) < 4.78 is 0. The number of nitriles is 1. The largest absolute Gasteiger partial charge is 0.346 e. The van der Waals surface area contributed by atoms with Gasteiger partial charge < -0.3 is 4.98 Å². The number of aryl methyl sites for hydroxylation is 2. The third-order valence-corrected chi connectivity index (χ3v) is 3.38. The summed E-state index contributed by atoms with van der Waals surface area (Å²) in [5, 5.41) is 10.2. The van der Waals surface area contributed by atoms with Crippen molar-refractivity contribution in [2.45, 2.75) is 13.8 Å². The van der Waals surface area contributed by atoms with E-state index in [-0.39, 0.29) is 0 Å². The van der Waals surface area contributed by atoms with E-state index >= 15 is 0 Å². The summed E-state index contributed by atoms with van der Waals surface area (Å²) in [5.74, 6) is 0. The monoisotopic (exact) mass is 247 g/mol. The molecule has 0 spiro atoms. The summed E-state index contributed by atoms with van der Waals surface area (Å²) in [4.78, 5) is 7.48. The maximum Gasteiger partial charge on any atom is 0.137 e. The van der Waals surface area contributed by atoms with Crippen LogP contribution >= 0.6 is 0 Å². The Bertz CT molecular complexity index is 783. The van der Waals surface area contributed by atoms with Gasteiger partial charge in [-0.3, -0.25) is 0 Å². The zero-order valence-corrected chi connectivity index (χ0v) is 10.9. The molecule has 19 heavy (non-hydrogen) atoms. The number of H-pyrrole nitrogens is 1. The van der Waals surface area contributed by atoms with Crippen LogP contribution in [0.5, 0.6) is 0 Å². The molecule has 1 N–H and O–H groups in total. The third-order valence-electron chi connectivity index (χ3n) is 3.38. The second-order valence-corrected chi connectivity index (χ2v) is 4.74. The van der Waals surface area contributed by atoms with Gasteiger partial charge in [0.15, 0.2) is 0 Å². The van der Waals surface area contributed by atoms with E-state index in [9.17, 15) is 0 Å². The van der Waals surface area contributed by atoms with E-state index in [0.717, 1.165) is 38.9 Å². The minimum Gasteiger partial charge on any atom is -0.346 e.